The van der Waals surface area contributed by atoms with Crippen molar-refractivity contribution in [3.05, 3.63) is 35.8 Å². The fourth-order valence-corrected chi connectivity index (χ4v) is 2.23. The van der Waals surface area contributed by atoms with Gasteiger partial charge < -0.3 is 15.0 Å². The lowest BCUT2D eigenvalue weighted by molar-refractivity contribution is 0.0901. The van der Waals surface area contributed by atoms with Crippen molar-refractivity contribution in [2.45, 2.75) is 13.0 Å². The lowest BCUT2D eigenvalue weighted by Gasteiger charge is -2.12. The molecule has 1 atom stereocenters. The number of carbonyl (C=O) groups is 1. The summed E-state index contributed by atoms with van der Waals surface area (Å²) >= 11 is 0. The Morgan fingerprint density at radius 3 is 2.89 bits per heavy atom. The molecule has 2 aromatic rings. The maximum absolute atomic E-state index is 13.3. The predicted molar refractivity (Wildman–Crippen MR) is 71.8 cm³/mol. The molecule has 2 rings (SSSR count). The highest BCUT2D eigenvalue weighted by atomic mass is 19.1. The summed E-state index contributed by atoms with van der Waals surface area (Å²) < 4.78 is 15.1. The van der Waals surface area contributed by atoms with Gasteiger partial charge in [0.2, 0.25) is 0 Å². The number of hydrogen-bond acceptors (Lipinski definition) is 3. The number of Topliss-reactive ketones (excluding diaryl/α,β-unsaturated/α-hetero) is 1. The average Bonchev–Trinajstić information content (AvgIpc) is 2.72. The van der Waals surface area contributed by atoms with E-state index in [0.717, 1.165) is 5.52 Å². The number of halogens is 1. The van der Waals surface area contributed by atoms with Crippen molar-refractivity contribution in [1.29, 1.82) is 0 Å². The number of nitrogens with zero attached hydrogens (tertiary/aromatic N) is 1. The molecule has 0 aliphatic heterocycles. The molecule has 0 aliphatic carbocycles. The quantitative estimate of drug-likeness (QED) is 0.804. The molecule has 0 radical (unpaired) electrons. The van der Waals surface area contributed by atoms with Crippen LogP contribution in [0.3, 0.4) is 0 Å². The van der Waals surface area contributed by atoms with E-state index in [1.807, 2.05) is 6.92 Å². The smallest absolute Gasteiger partial charge is 0.184 e. The summed E-state index contributed by atoms with van der Waals surface area (Å²) in [6.07, 6.45) is 1.67. The van der Waals surface area contributed by atoms with E-state index in [4.69, 9.17) is 0 Å². The van der Waals surface area contributed by atoms with Gasteiger partial charge in [0.1, 0.15) is 5.82 Å². The van der Waals surface area contributed by atoms with Gasteiger partial charge in [-0.2, -0.15) is 0 Å². The molecular weight excluding hydrogens is 247 g/mol. The first-order chi connectivity index (χ1) is 9.08. The molecule has 1 unspecified atom stereocenters. The number of fused-ring (bicyclic) bond motifs is 1. The van der Waals surface area contributed by atoms with Crippen molar-refractivity contribution in [3.8, 4) is 0 Å². The van der Waals surface area contributed by atoms with Crippen molar-refractivity contribution in [1.82, 2.24) is 9.88 Å². The van der Waals surface area contributed by atoms with Gasteiger partial charge in [-0.3, -0.25) is 4.79 Å². The molecule has 0 saturated heterocycles. The predicted octanol–water partition coefficient (Wildman–Crippen LogP) is 1.47. The lowest BCUT2D eigenvalue weighted by Crippen LogP contribution is -2.39. The molecule has 102 valence electrons. The molecule has 5 heteroatoms. The number of ketones is 1. The number of carbonyl (C=O) groups excluding carboxylic acids is 1. The molecule has 0 saturated carbocycles. The Morgan fingerprint density at radius 1 is 1.53 bits per heavy atom. The molecule has 1 aromatic carbocycles. The van der Waals surface area contributed by atoms with Crippen LogP contribution in [0.4, 0.5) is 4.39 Å². The van der Waals surface area contributed by atoms with Crippen LogP contribution in [-0.4, -0.2) is 34.7 Å². The van der Waals surface area contributed by atoms with Crippen molar-refractivity contribution in [2.24, 2.45) is 7.05 Å². The Morgan fingerprint density at radius 2 is 2.26 bits per heavy atom. The van der Waals surface area contributed by atoms with Crippen LogP contribution in [0.2, 0.25) is 0 Å². The van der Waals surface area contributed by atoms with Crippen molar-refractivity contribution in [3.63, 3.8) is 0 Å². The third-order valence-corrected chi connectivity index (χ3v) is 3.17. The second-order valence-corrected chi connectivity index (χ2v) is 4.47. The van der Waals surface area contributed by atoms with E-state index < -0.39 is 6.04 Å². The summed E-state index contributed by atoms with van der Waals surface area (Å²) in [5.74, 6) is -0.600. The van der Waals surface area contributed by atoms with Gasteiger partial charge in [-0.1, -0.05) is 6.92 Å². The Bertz CT molecular complexity index is 607. The van der Waals surface area contributed by atoms with E-state index in [9.17, 15) is 14.3 Å². The fourth-order valence-electron chi connectivity index (χ4n) is 2.23. The molecule has 2 N–H and O–H groups in total. The molecular formula is C14H17FN2O2. The van der Waals surface area contributed by atoms with E-state index in [1.165, 1.54) is 12.1 Å². The zero-order valence-corrected chi connectivity index (χ0v) is 11.0. The summed E-state index contributed by atoms with van der Waals surface area (Å²) in [5.41, 5.74) is 1.22. The van der Waals surface area contributed by atoms with Gasteiger partial charge in [0.05, 0.1) is 12.6 Å². The number of benzene rings is 1. The number of aromatic nitrogens is 1. The molecule has 4 nitrogen and oxygen atoms in total. The van der Waals surface area contributed by atoms with Gasteiger partial charge in [0.25, 0.3) is 0 Å². The zero-order chi connectivity index (χ0) is 14.0. The van der Waals surface area contributed by atoms with Gasteiger partial charge >= 0.3 is 0 Å². The molecule has 0 spiro atoms. The van der Waals surface area contributed by atoms with Crippen molar-refractivity contribution >= 4 is 16.7 Å². The third-order valence-electron chi connectivity index (χ3n) is 3.17. The number of aliphatic hydroxyl groups is 1. The second-order valence-electron chi connectivity index (χ2n) is 4.47. The highest BCUT2D eigenvalue weighted by Crippen LogP contribution is 2.23. The van der Waals surface area contributed by atoms with Crippen molar-refractivity contribution in [2.75, 3.05) is 13.2 Å². The van der Waals surface area contributed by atoms with Crippen LogP contribution in [0.25, 0.3) is 10.9 Å². The second kappa shape index (κ2) is 5.50. The van der Waals surface area contributed by atoms with Crippen LogP contribution in [0.5, 0.6) is 0 Å². The summed E-state index contributed by atoms with van der Waals surface area (Å²) in [7, 11) is 1.80. The molecule has 1 aromatic heterocycles. The first kappa shape index (κ1) is 13.7. The largest absolute Gasteiger partial charge is 0.394 e. The number of hydrogen-bond donors (Lipinski definition) is 2. The normalized spacial score (nSPS) is 12.8. The maximum atomic E-state index is 13.3. The maximum Gasteiger partial charge on any atom is 0.184 e. The minimum Gasteiger partial charge on any atom is -0.394 e. The molecule has 0 amide bonds. The van der Waals surface area contributed by atoms with Gasteiger partial charge in [0.15, 0.2) is 5.78 Å². The first-order valence-electron chi connectivity index (χ1n) is 6.21. The fraction of sp³-hybridized carbons (Fsp3) is 0.357. The van der Waals surface area contributed by atoms with Gasteiger partial charge in [-0.25, -0.2) is 4.39 Å². The SMILES string of the molecule is CCNC(CO)C(=O)c1cn(C)c2ccc(F)cc12. The highest BCUT2D eigenvalue weighted by Gasteiger charge is 2.22. The number of rotatable bonds is 5. The number of nitrogens with one attached hydrogen (secondary N) is 1. The van der Waals surface area contributed by atoms with Crippen molar-refractivity contribution < 1.29 is 14.3 Å². The monoisotopic (exact) mass is 264 g/mol. The first-order valence-corrected chi connectivity index (χ1v) is 6.21. The standard InChI is InChI=1S/C14H17FN2O2/c1-3-16-12(8-18)14(19)11-7-17(2)13-5-4-9(15)6-10(11)13/h4-7,12,16,18H,3,8H2,1-2H3. The van der Waals surface area contributed by atoms with E-state index in [-0.39, 0.29) is 18.2 Å². The molecule has 0 bridgehead atoms. The third kappa shape index (κ3) is 2.52. The van der Waals surface area contributed by atoms with Crippen LogP contribution >= 0.6 is 0 Å². The summed E-state index contributed by atoms with van der Waals surface area (Å²) in [4.78, 5) is 12.3. The van der Waals surface area contributed by atoms with Gasteiger partial charge in [-0.05, 0) is 24.7 Å². The minimum absolute atomic E-state index is 0.222. The molecule has 0 fully saturated rings. The van der Waals surface area contributed by atoms with E-state index >= 15 is 0 Å². The van der Waals surface area contributed by atoms with E-state index in [0.29, 0.717) is 17.5 Å². The zero-order valence-electron chi connectivity index (χ0n) is 11.0. The number of likely N-dealkylation sites (N-methyl/N-ethyl adjacent to an activating group) is 1. The topological polar surface area (TPSA) is 54.3 Å². The number of aryl methyl sites for hydroxylation is 1. The lowest BCUT2D eigenvalue weighted by atomic mass is 10.0. The summed E-state index contributed by atoms with van der Waals surface area (Å²) in [6, 6.07) is 3.70. The Kier molecular flexibility index (Phi) is 3.97. The Labute approximate surface area is 110 Å². The molecule has 0 aliphatic rings. The molecule has 1 heterocycles. The van der Waals surface area contributed by atoms with Crippen LogP contribution in [0, 0.1) is 5.82 Å². The van der Waals surface area contributed by atoms with E-state index in [2.05, 4.69) is 5.32 Å². The van der Waals surface area contributed by atoms with Gasteiger partial charge in [0, 0.05) is 29.7 Å². The van der Waals surface area contributed by atoms with Crippen LogP contribution in [-0.2, 0) is 7.05 Å². The van der Waals surface area contributed by atoms with Gasteiger partial charge in [-0.15, -0.1) is 0 Å². The average molecular weight is 264 g/mol. The van der Waals surface area contributed by atoms with Crippen LogP contribution in [0.1, 0.15) is 17.3 Å². The minimum atomic E-state index is -0.654. The highest BCUT2D eigenvalue weighted by molar-refractivity contribution is 6.10. The summed E-state index contributed by atoms with van der Waals surface area (Å²) in [5, 5.41) is 12.7. The van der Waals surface area contributed by atoms with Crippen LogP contribution < -0.4 is 5.32 Å². The number of aliphatic hydroxyl groups excluding tert-OH is 1. The molecule has 19 heavy (non-hydrogen) atoms. The van der Waals surface area contributed by atoms with E-state index in [1.54, 1.807) is 23.9 Å². The Balaban J connectivity index is 2.50. The Hall–Kier alpha value is -1.72. The van der Waals surface area contributed by atoms with Crippen LogP contribution in [0.15, 0.2) is 24.4 Å². The summed E-state index contributed by atoms with van der Waals surface area (Å²) in [6.45, 7) is 2.16.